The van der Waals surface area contributed by atoms with Gasteiger partial charge in [0, 0.05) is 19.9 Å². The number of nitrogens with zero attached hydrogens (tertiary/aromatic N) is 3. The molecule has 3 aromatic carbocycles. The van der Waals surface area contributed by atoms with Gasteiger partial charge in [-0.2, -0.15) is 0 Å². The van der Waals surface area contributed by atoms with Crippen LogP contribution in [0, 0.1) is 10.5 Å². The third-order valence-corrected chi connectivity index (χ3v) is 5.41. The quantitative estimate of drug-likeness (QED) is 0.253. The molecular weight excluding hydrogens is 421 g/mol. The van der Waals surface area contributed by atoms with Gasteiger partial charge in [-0.25, -0.2) is 0 Å². The normalized spacial score (nSPS) is 11.6. The smallest absolute Gasteiger partial charge is 0.169 e. The second kappa shape index (κ2) is 5.52. The summed E-state index contributed by atoms with van der Waals surface area (Å²) in [5, 5.41) is 12.7. The average molecular weight is 435 g/mol. The number of aromatic nitrogens is 3. The molecule has 0 aliphatic carbocycles. The molecule has 0 atom stereocenters. The molecule has 4 heteroatoms. The number of aryl methyl sites for hydroxylation is 1. The monoisotopic (exact) mass is 435 g/mol. The van der Waals surface area contributed by atoms with Crippen molar-refractivity contribution in [1.29, 1.82) is 0 Å². The molecule has 5 aromatic rings. The SMILES string of the molecule is Cc1cccc2c1c1ccccc1n1c(-c3ccc(I)cc3)nnc21. The number of hydrogen-bond donors (Lipinski definition) is 0. The Hall–Kier alpha value is -2.47. The predicted octanol–water partition coefficient (Wildman–Crippen LogP) is 5.62. The van der Waals surface area contributed by atoms with E-state index in [9.17, 15) is 0 Å². The molecule has 120 valence electrons. The molecule has 3 nitrogen and oxygen atoms in total. The van der Waals surface area contributed by atoms with Crippen molar-refractivity contribution in [1.82, 2.24) is 14.6 Å². The highest BCUT2D eigenvalue weighted by molar-refractivity contribution is 14.1. The molecule has 5 rings (SSSR count). The van der Waals surface area contributed by atoms with E-state index in [0.717, 1.165) is 27.9 Å². The van der Waals surface area contributed by atoms with E-state index in [1.54, 1.807) is 0 Å². The molecule has 2 aromatic heterocycles. The van der Waals surface area contributed by atoms with E-state index < -0.39 is 0 Å². The van der Waals surface area contributed by atoms with Crippen molar-refractivity contribution in [3.63, 3.8) is 0 Å². The van der Waals surface area contributed by atoms with Crippen molar-refractivity contribution in [2.75, 3.05) is 0 Å². The van der Waals surface area contributed by atoms with E-state index in [1.165, 1.54) is 19.9 Å². The zero-order chi connectivity index (χ0) is 17.0. The minimum atomic E-state index is 0.881. The summed E-state index contributed by atoms with van der Waals surface area (Å²) in [6, 6.07) is 23.3. The highest BCUT2D eigenvalue weighted by atomic mass is 127. The van der Waals surface area contributed by atoms with E-state index in [1.807, 2.05) is 0 Å². The number of benzene rings is 3. The Labute approximate surface area is 158 Å². The largest absolute Gasteiger partial charge is 0.274 e. The van der Waals surface area contributed by atoms with Crippen molar-refractivity contribution >= 4 is 49.9 Å². The van der Waals surface area contributed by atoms with Crippen LogP contribution in [0.5, 0.6) is 0 Å². The van der Waals surface area contributed by atoms with Gasteiger partial charge in [0.1, 0.15) is 0 Å². The number of para-hydroxylation sites is 1. The standard InChI is InChI=1S/C21H14IN3/c1-13-5-4-7-17-19(13)16-6-2-3-8-18(16)25-20(23-24-21(17)25)14-9-11-15(22)12-10-14/h2-12H,1H3. The number of rotatable bonds is 1. The molecule has 0 saturated carbocycles. The maximum atomic E-state index is 4.55. The van der Waals surface area contributed by atoms with Crippen molar-refractivity contribution < 1.29 is 0 Å². The van der Waals surface area contributed by atoms with Gasteiger partial charge in [-0.3, -0.25) is 4.40 Å². The van der Waals surface area contributed by atoms with E-state index >= 15 is 0 Å². The van der Waals surface area contributed by atoms with Crippen LogP contribution in [-0.4, -0.2) is 14.6 Å². The second-order valence-electron chi connectivity index (χ2n) is 6.20. The van der Waals surface area contributed by atoms with E-state index in [0.29, 0.717) is 0 Å². The molecule has 0 fully saturated rings. The maximum absolute atomic E-state index is 4.55. The number of halogens is 1. The molecular formula is C21H14IN3. The lowest BCUT2D eigenvalue weighted by molar-refractivity contribution is 1.12. The molecule has 25 heavy (non-hydrogen) atoms. The minimum Gasteiger partial charge on any atom is -0.274 e. The molecule has 0 bridgehead atoms. The fourth-order valence-corrected chi connectivity index (χ4v) is 3.92. The van der Waals surface area contributed by atoms with Crippen LogP contribution >= 0.6 is 22.6 Å². The molecule has 0 spiro atoms. The lowest BCUT2D eigenvalue weighted by atomic mass is 10.0. The van der Waals surface area contributed by atoms with E-state index in [4.69, 9.17) is 0 Å². The zero-order valence-corrected chi connectivity index (χ0v) is 15.7. The Morgan fingerprint density at radius 3 is 2.40 bits per heavy atom. The molecule has 0 N–H and O–H groups in total. The van der Waals surface area contributed by atoms with Crippen LogP contribution in [0.3, 0.4) is 0 Å². The van der Waals surface area contributed by atoms with Crippen molar-refractivity contribution in [3.8, 4) is 11.4 Å². The van der Waals surface area contributed by atoms with Gasteiger partial charge < -0.3 is 0 Å². The fourth-order valence-electron chi connectivity index (χ4n) is 3.56. The van der Waals surface area contributed by atoms with Crippen molar-refractivity contribution in [2.45, 2.75) is 6.92 Å². The first-order valence-electron chi connectivity index (χ1n) is 8.15. The number of fused-ring (bicyclic) bond motifs is 6. The summed E-state index contributed by atoms with van der Waals surface area (Å²) >= 11 is 2.32. The Balaban J connectivity index is 2.02. The van der Waals surface area contributed by atoms with Crippen LogP contribution < -0.4 is 0 Å². The lowest BCUT2D eigenvalue weighted by Gasteiger charge is -2.11. The molecule has 0 aliphatic rings. The van der Waals surface area contributed by atoms with Gasteiger partial charge in [-0.1, -0.05) is 48.5 Å². The Morgan fingerprint density at radius 2 is 1.56 bits per heavy atom. The Bertz CT molecular complexity index is 1250. The van der Waals surface area contributed by atoms with Gasteiger partial charge in [0.2, 0.25) is 0 Å². The van der Waals surface area contributed by atoms with Gasteiger partial charge in [-0.05, 0) is 58.7 Å². The molecule has 0 unspecified atom stereocenters. The zero-order valence-electron chi connectivity index (χ0n) is 13.6. The van der Waals surface area contributed by atoms with Gasteiger partial charge in [0.15, 0.2) is 11.5 Å². The van der Waals surface area contributed by atoms with Crippen LogP contribution in [0.2, 0.25) is 0 Å². The summed E-state index contributed by atoms with van der Waals surface area (Å²) in [5.74, 6) is 0.881. The van der Waals surface area contributed by atoms with Gasteiger partial charge >= 0.3 is 0 Å². The second-order valence-corrected chi connectivity index (χ2v) is 7.45. The van der Waals surface area contributed by atoms with Crippen LogP contribution in [0.1, 0.15) is 5.56 Å². The molecule has 0 radical (unpaired) electrons. The molecule has 0 amide bonds. The maximum Gasteiger partial charge on any atom is 0.169 e. The van der Waals surface area contributed by atoms with Crippen LogP contribution in [0.25, 0.3) is 38.7 Å². The summed E-state index contributed by atoms with van der Waals surface area (Å²) in [4.78, 5) is 0. The van der Waals surface area contributed by atoms with E-state index in [-0.39, 0.29) is 0 Å². The summed E-state index contributed by atoms with van der Waals surface area (Å²) in [5.41, 5.74) is 4.38. The fraction of sp³-hybridized carbons (Fsp3) is 0.0476. The summed E-state index contributed by atoms with van der Waals surface area (Å²) in [6.45, 7) is 2.15. The summed E-state index contributed by atoms with van der Waals surface area (Å²) < 4.78 is 3.39. The average Bonchev–Trinajstić information content (AvgIpc) is 3.08. The van der Waals surface area contributed by atoms with Gasteiger partial charge in [0.25, 0.3) is 0 Å². The predicted molar refractivity (Wildman–Crippen MR) is 111 cm³/mol. The molecule has 2 heterocycles. The molecule has 0 saturated heterocycles. The summed E-state index contributed by atoms with van der Waals surface area (Å²) in [6.07, 6.45) is 0. The Kier molecular flexibility index (Phi) is 3.28. The molecule has 0 aliphatic heterocycles. The highest BCUT2D eigenvalue weighted by Gasteiger charge is 2.16. The van der Waals surface area contributed by atoms with Crippen LogP contribution in [0.15, 0.2) is 66.7 Å². The lowest BCUT2D eigenvalue weighted by Crippen LogP contribution is -1.95. The topological polar surface area (TPSA) is 30.2 Å². The van der Waals surface area contributed by atoms with Crippen LogP contribution in [0.4, 0.5) is 0 Å². The van der Waals surface area contributed by atoms with Gasteiger partial charge in [-0.15, -0.1) is 10.2 Å². The first-order valence-corrected chi connectivity index (χ1v) is 9.23. The third-order valence-electron chi connectivity index (χ3n) is 4.69. The summed E-state index contributed by atoms with van der Waals surface area (Å²) in [7, 11) is 0. The Morgan fingerprint density at radius 1 is 0.800 bits per heavy atom. The minimum absolute atomic E-state index is 0.881. The highest BCUT2D eigenvalue weighted by Crippen LogP contribution is 2.33. The van der Waals surface area contributed by atoms with Gasteiger partial charge in [0.05, 0.1) is 5.52 Å². The van der Waals surface area contributed by atoms with Crippen LogP contribution in [-0.2, 0) is 0 Å². The van der Waals surface area contributed by atoms with Crippen molar-refractivity contribution in [3.05, 3.63) is 75.9 Å². The van der Waals surface area contributed by atoms with E-state index in [2.05, 4.69) is 111 Å². The number of hydrogen-bond acceptors (Lipinski definition) is 2. The first kappa shape index (κ1) is 14.8. The third kappa shape index (κ3) is 2.17. The first-order chi connectivity index (χ1) is 12.2. The van der Waals surface area contributed by atoms with Crippen molar-refractivity contribution in [2.24, 2.45) is 0 Å². The number of pyridine rings is 1.